The summed E-state index contributed by atoms with van der Waals surface area (Å²) in [6.07, 6.45) is 2.01. The van der Waals surface area contributed by atoms with E-state index in [1.807, 2.05) is 6.92 Å². The SMILES string of the molecule is Cc1nc(NCCC(CCC(=O)O)C(C)C)sc1C. The molecular formula is C14H24N2O2S. The Morgan fingerprint density at radius 1 is 1.37 bits per heavy atom. The van der Waals surface area contributed by atoms with E-state index in [2.05, 4.69) is 31.1 Å². The molecule has 0 fully saturated rings. The normalized spacial score (nSPS) is 12.7. The van der Waals surface area contributed by atoms with Gasteiger partial charge in [-0.3, -0.25) is 4.79 Å². The summed E-state index contributed by atoms with van der Waals surface area (Å²) < 4.78 is 0. The second-order valence-electron chi connectivity index (χ2n) is 5.31. The lowest BCUT2D eigenvalue weighted by Crippen LogP contribution is -2.15. The molecule has 0 bridgehead atoms. The molecule has 0 spiro atoms. The zero-order valence-electron chi connectivity index (χ0n) is 12.2. The summed E-state index contributed by atoms with van der Waals surface area (Å²) in [4.78, 5) is 16.3. The van der Waals surface area contributed by atoms with Gasteiger partial charge < -0.3 is 10.4 Å². The van der Waals surface area contributed by atoms with Crippen LogP contribution in [0, 0.1) is 25.7 Å². The molecule has 5 heteroatoms. The van der Waals surface area contributed by atoms with Crippen molar-refractivity contribution >= 4 is 22.4 Å². The number of carboxylic acid groups (broad SMARTS) is 1. The van der Waals surface area contributed by atoms with Gasteiger partial charge in [0.25, 0.3) is 0 Å². The Labute approximate surface area is 119 Å². The Balaban J connectivity index is 2.37. The Morgan fingerprint density at radius 2 is 2.05 bits per heavy atom. The molecule has 0 radical (unpaired) electrons. The topological polar surface area (TPSA) is 62.2 Å². The molecule has 0 aliphatic carbocycles. The van der Waals surface area contributed by atoms with Gasteiger partial charge in [-0.15, -0.1) is 11.3 Å². The van der Waals surface area contributed by atoms with Crippen LogP contribution in [0.15, 0.2) is 0 Å². The maximum atomic E-state index is 10.6. The molecule has 19 heavy (non-hydrogen) atoms. The highest BCUT2D eigenvalue weighted by Gasteiger charge is 2.15. The van der Waals surface area contributed by atoms with Crippen molar-refractivity contribution in [3.8, 4) is 0 Å². The van der Waals surface area contributed by atoms with Crippen LogP contribution < -0.4 is 5.32 Å². The van der Waals surface area contributed by atoms with Crippen LogP contribution in [-0.4, -0.2) is 22.6 Å². The summed E-state index contributed by atoms with van der Waals surface area (Å²) in [7, 11) is 0. The van der Waals surface area contributed by atoms with Crippen LogP contribution in [0.25, 0.3) is 0 Å². The summed E-state index contributed by atoms with van der Waals surface area (Å²) in [5.74, 6) is 0.261. The van der Waals surface area contributed by atoms with E-state index in [-0.39, 0.29) is 6.42 Å². The number of hydrogen-bond donors (Lipinski definition) is 2. The molecule has 0 aromatic carbocycles. The van der Waals surface area contributed by atoms with E-state index in [4.69, 9.17) is 5.11 Å². The van der Waals surface area contributed by atoms with Crippen LogP contribution in [0.1, 0.15) is 43.7 Å². The number of thiazole rings is 1. The summed E-state index contributed by atoms with van der Waals surface area (Å²) >= 11 is 1.68. The number of aromatic nitrogens is 1. The minimum atomic E-state index is -0.704. The first-order valence-corrected chi connectivity index (χ1v) is 7.61. The van der Waals surface area contributed by atoms with Gasteiger partial charge >= 0.3 is 5.97 Å². The number of hydrogen-bond acceptors (Lipinski definition) is 4. The Kier molecular flexibility index (Phi) is 6.28. The Hall–Kier alpha value is -1.10. The smallest absolute Gasteiger partial charge is 0.303 e. The van der Waals surface area contributed by atoms with Crippen LogP contribution in [-0.2, 0) is 4.79 Å². The van der Waals surface area contributed by atoms with E-state index in [9.17, 15) is 4.79 Å². The van der Waals surface area contributed by atoms with Gasteiger partial charge in [-0.05, 0) is 38.5 Å². The van der Waals surface area contributed by atoms with Crippen LogP contribution >= 0.6 is 11.3 Å². The second-order valence-corrected chi connectivity index (χ2v) is 6.52. The van der Waals surface area contributed by atoms with Crippen molar-refractivity contribution in [2.24, 2.45) is 11.8 Å². The molecule has 0 saturated heterocycles. The molecule has 0 aliphatic rings. The third kappa shape index (κ3) is 5.59. The fourth-order valence-electron chi connectivity index (χ4n) is 2.03. The van der Waals surface area contributed by atoms with Gasteiger partial charge in [0.2, 0.25) is 0 Å². The lowest BCUT2D eigenvalue weighted by molar-refractivity contribution is -0.137. The predicted octanol–water partition coefficient (Wildman–Crippen LogP) is 3.70. The van der Waals surface area contributed by atoms with Crippen molar-refractivity contribution in [3.63, 3.8) is 0 Å². The molecule has 0 aliphatic heterocycles. The van der Waals surface area contributed by atoms with Crippen molar-refractivity contribution in [1.82, 2.24) is 4.98 Å². The third-order valence-electron chi connectivity index (χ3n) is 3.49. The number of carbonyl (C=O) groups is 1. The summed E-state index contributed by atoms with van der Waals surface area (Å²) in [5, 5.41) is 13.1. The van der Waals surface area contributed by atoms with Crippen LogP contribution in [0.3, 0.4) is 0 Å². The second kappa shape index (κ2) is 7.48. The number of aliphatic carboxylic acids is 1. The van der Waals surface area contributed by atoms with Crippen molar-refractivity contribution < 1.29 is 9.90 Å². The van der Waals surface area contributed by atoms with Gasteiger partial charge in [0, 0.05) is 17.8 Å². The van der Waals surface area contributed by atoms with Crippen LogP contribution in [0.2, 0.25) is 0 Å². The van der Waals surface area contributed by atoms with E-state index >= 15 is 0 Å². The molecule has 1 rings (SSSR count). The zero-order chi connectivity index (χ0) is 14.4. The van der Waals surface area contributed by atoms with Crippen molar-refractivity contribution in [2.75, 3.05) is 11.9 Å². The molecule has 1 unspecified atom stereocenters. The lowest BCUT2D eigenvalue weighted by Gasteiger charge is -2.20. The summed E-state index contributed by atoms with van der Waals surface area (Å²) in [6, 6.07) is 0. The average molecular weight is 284 g/mol. The first-order chi connectivity index (χ1) is 8.90. The summed E-state index contributed by atoms with van der Waals surface area (Å²) in [6.45, 7) is 9.26. The first-order valence-electron chi connectivity index (χ1n) is 6.79. The van der Waals surface area contributed by atoms with Gasteiger partial charge in [0.1, 0.15) is 0 Å². The average Bonchev–Trinajstić information content (AvgIpc) is 2.62. The van der Waals surface area contributed by atoms with Crippen LogP contribution in [0.4, 0.5) is 5.13 Å². The predicted molar refractivity (Wildman–Crippen MR) is 79.9 cm³/mol. The number of rotatable bonds is 8. The van der Waals surface area contributed by atoms with Gasteiger partial charge in [0.15, 0.2) is 5.13 Å². The molecule has 1 aromatic heterocycles. The van der Waals surface area contributed by atoms with Gasteiger partial charge in [-0.25, -0.2) is 4.98 Å². The number of carboxylic acids is 1. The van der Waals surface area contributed by atoms with Gasteiger partial charge in [0.05, 0.1) is 5.69 Å². The fraction of sp³-hybridized carbons (Fsp3) is 0.714. The van der Waals surface area contributed by atoms with Crippen molar-refractivity contribution in [1.29, 1.82) is 0 Å². The Bertz CT molecular complexity index is 396. The van der Waals surface area contributed by atoms with E-state index in [1.54, 1.807) is 11.3 Å². The molecule has 4 nitrogen and oxygen atoms in total. The lowest BCUT2D eigenvalue weighted by atomic mass is 9.88. The molecule has 1 atom stereocenters. The number of aryl methyl sites for hydroxylation is 2. The first kappa shape index (κ1) is 16.0. The molecule has 2 N–H and O–H groups in total. The summed E-state index contributed by atoms with van der Waals surface area (Å²) in [5.41, 5.74) is 1.08. The molecule has 0 amide bonds. The largest absolute Gasteiger partial charge is 0.481 e. The third-order valence-corrected chi connectivity index (χ3v) is 4.52. The maximum absolute atomic E-state index is 10.6. The van der Waals surface area contributed by atoms with E-state index < -0.39 is 5.97 Å². The van der Waals surface area contributed by atoms with E-state index in [1.165, 1.54) is 4.88 Å². The minimum Gasteiger partial charge on any atom is -0.481 e. The maximum Gasteiger partial charge on any atom is 0.303 e. The standard InChI is InChI=1S/C14H24N2O2S/c1-9(2)12(5-6-13(17)18)7-8-15-14-16-10(3)11(4)19-14/h9,12H,5-8H2,1-4H3,(H,15,16)(H,17,18). The van der Waals surface area contributed by atoms with E-state index in [0.717, 1.165) is 30.2 Å². The van der Waals surface area contributed by atoms with Gasteiger partial charge in [-0.2, -0.15) is 0 Å². The fourth-order valence-corrected chi connectivity index (χ4v) is 2.87. The quantitative estimate of drug-likeness (QED) is 0.764. The Morgan fingerprint density at radius 3 is 2.53 bits per heavy atom. The minimum absolute atomic E-state index is 0.262. The van der Waals surface area contributed by atoms with Gasteiger partial charge in [-0.1, -0.05) is 13.8 Å². The molecule has 1 heterocycles. The van der Waals surface area contributed by atoms with E-state index in [0.29, 0.717) is 11.8 Å². The molecular weight excluding hydrogens is 260 g/mol. The number of nitrogens with one attached hydrogen (secondary N) is 1. The van der Waals surface area contributed by atoms with Crippen LogP contribution in [0.5, 0.6) is 0 Å². The van der Waals surface area contributed by atoms with Crippen molar-refractivity contribution in [3.05, 3.63) is 10.6 Å². The van der Waals surface area contributed by atoms with Crippen molar-refractivity contribution in [2.45, 2.75) is 47.0 Å². The molecule has 108 valence electrons. The highest BCUT2D eigenvalue weighted by molar-refractivity contribution is 7.15. The zero-order valence-corrected chi connectivity index (χ0v) is 13.0. The monoisotopic (exact) mass is 284 g/mol. The number of nitrogens with zero attached hydrogens (tertiary/aromatic N) is 1. The molecule has 1 aromatic rings. The highest BCUT2D eigenvalue weighted by Crippen LogP contribution is 2.23. The number of anilines is 1. The highest BCUT2D eigenvalue weighted by atomic mass is 32.1. The molecule has 0 saturated carbocycles.